The second kappa shape index (κ2) is 6.69. The molecule has 0 aliphatic heterocycles. The van der Waals surface area contributed by atoms with Gasteiger partial charge in [-0.1, -0.05) is 0 Å². The fourth-order valence-electron chi connectivity index (χ4n) is 1.29. The minimum Gasteiger partial charge on any atom is -0.412 e. The van der Waals surface area contributed by atoms with Gasteiger partial charge in [-0.25, -0.2) is 0 Å². The van der Waals surface area contributed by atoms with Crippen LogP contribution in [0.3, 0.4) is 0 Å². The van der Waals surface area contributed by atoms with E-state index in [-0.39, 0.29) is 16.1 Å². The summed E-state index contributed by atoms with van der Waals surface area (Å²) in [5, 5.41) is 10.7. The van der Waals surface area contributed by atoms with Crippen molar-refractivity contribution in [3.8, 4) is 0 Å². The molecule has 0 heterocycles. The van der Waals surface area contributed by atoms with Crippen LogP contribution in [0.5, 0.6) is 0 Å². The van der Waals surface area contributed by atoms with Crippen LogP contribution in [0.4, 0.5) is 5.69 Å². The first kappa shape index (κ1) is 14.3. The Morgan fingerprint density at radius 3 is 2.67 bits per heavy atom. The Morgan fingerprint density at radius 2 is 2.13 bits per heavy atom. The largest absolute Gasteiger partial charge is 0.412 e. The summed E-state index contributed by atoms with van der Waals surface area (Å²) in [7, 11) is 0. The van der Waals surface area contributed by atoms with Crippen LogP contribution in [0.15, 0.2) is 30.3 Å². The van der Waals surface area contributed by atoms with Gasteiger partial charge in [-0.05, 0) is 0 Å². The Balaban J connectivity index is 0.00000196. The second-order valence-corrected chi connectivity index (χ2v) is 5.19. The van der Waals surface area contributed by atoms with Crippen molar-refractivity contribution in [3.63, 3.8) is 0 Å². The molecule has 0 unspecified atom stereocenters. The van der Waals surface area contributed by atoms with Crippen molar-refractivity contribution in [2.45, 2.75) is 10.9 Å². The van der Waals surface area contributed by atoms with Crippen LogP contribution in [0.25, 0.3) is 5.57 Å². The van der Waals surface area contributed by atoms with Crippen molar-refractivity contribution < 1.29 is 36.5 Å². The van der Waals surface area contributed by atoms with E-state index in [0.717, 1.165) is 15.1 Å². The molecule has 77 valence electrons. The van der Waals surface area contributed by atoms with E-state index >= 15 is 0 Å². The Bertz CT molecular complexity index is 377. The zero-order chi connectivity index (χ0) is 10.6. The molecule has 2 N–H and O–H groups in total. The predicted molar refractivity (Wildman–Crippen MR) is 55.2 cm³/mol. The van der Waals surface area contributed by atoms with Gasteiger partial charge in [0.25, 0.3) is 0 Å². The van der Waals surface area contributed by atoms with Crippen molar-refractivity contribution in [3.05, 3.63) is 46.0 Å². The van der Waals surface area contributed by atoms with E-state index in [1.54, 1.807) is 18.2 Å². The van der Waals surface area contributed by atoms with E-state index in [9.17, 15) is 10.1 Å². The van der Waals surface area contributed by atoms with Gasteiger partial charge in [-0.15, -0.1) is 0 Å². The Hall–Kier alpha value is -0.745. The molecule has 15 heavy (non-hydrogen) atoms. The van der Waals surface area contributed by atoms with Gasteiger partial charge < -0.3 is 5.48 Å². The van der Waals surface area contributed by atoms with Crippen molar-refractivity contribution >= 4 is 11.3 Å². The fraction of sp³-hybridized carbons (Fsp3) is 0.200. The summed E-state index contributed by atoms with van der Waals surface area (Å²) in [5.74, 6) is 0. The SMILES string of the molecule is C/C(=C\[CH2][Hg])c1ccccc1[N+](=O)[O-].O. The Morgan fingerprint density at radius 1 is 1.53 bits per heavy atom. The molecule has 1 aromatic rings. The number of nitro benzene ring substituents is 1. The van der Waals surface area contributed by atoms with Gasteiger partial charge in [0, 0.05) is 0 Å². The minimum atomic E-state index is -0.329. The number of hydrogen-bond acceptors (Lipinski definition) is 2. The summed E-state index contributed by atoms with van der Waals surface area (Å²) >= 11 is 0.715. The van der Waals surface area contributed by atoms with Crippen LogP contribution >= 0.6 is 0 Å². The molecule has 0 radical (unpaired) electrons. The summed E-state index contributed by atoms with van der Waals surface area (Å²) in [6.07, 6.45) is 2.07. The minimum absolute atomic E-state index is 0. The zero-order valence-corrected chi connectivity index (χ0v) is 14.1. The van der Waals surface area contributed by atoms with Gasteiger partial charge in [-0.3, -0.25) is 0 Å². The predicted octanol–water partition coefficient (Wildman–Crippen LogP) is 2.14. The van der Waals surface area contributed by atoms with Crippen LogP contribution < -0.4 is 0 Å². The molecule has 0 spiro atoms. The first-order chi connectivity index (χ1) is 6.66. The van der Waals surface area contributed by atoms with Gasteiger partial charge in [-0.2, -0.15) is 0 Å². The van der Waals surface area contributed by atoms with Crippen LogP contribution in [0.1, 0.15) is 12.5 Å². The molecule has 0 aliphatic rings. The number of nitro groups is 1. The molecule has 0 amide bonds. The maximum absolute atomic E-state index is 10.7. The molecular weight excluding hydrogens is 383 g/mol. The van der Waals surface area contributed by atoms with Crippen LogP contribution in [-0.2, 0) is 26.1 Å². The zero-order valence-electron chi connectivity index (χ0n) is 8.56. The maximum atomic E-state index is 10.7. The molecule has 0 atom stereocenters. The van der Waals surface area contributed by atoms with E-state index in [2.05, 4.69) is 6.08 Å². The van der Waals surface area contributed by atoms with Gasteiger partial charge in [0.2, 0.25) is 0 Å². The number of hydrogen-bond donors (Lipinski definition) is 0. The van der Waals surface area contributed by atoms with Crippen LogP contribution in [0.2, 0.25) is 3.93 Å². The monoisotopic (exact) mass is 396 g/mol. The van der Waals surface area contributed by atoms with Crippen LogP contribution in [-0.4, -0.2) is 10.4 Å². The standard InChI is InChI=1S/C10H10NO2.Hg.H2O/c1-3-8(2)9-6-4-5-7-10(9)11(12)13;;/h3-7H,1H2,2H3;;1H2/b8-3+;;. The van der Waals surface area contributed by atoms with Crippen molar-refractivity contribution in [1.29, 1.82) is 0 Å². The molecule has 0 saturated carbocycles. The molecule has 1 aromatic carbocycles. The topological polar surface area (TPSA) is 74.6 Å². The fourth-order valence-corrected chi connectivity index (χ4v) is 2.98. The van der Waals surface area contributed by atoms with E-state index in [0.29, 0.717) is 26.1 Å². The van der Waals surface area contributed by atoms with Crippen molar-refractivity contribution in [2.24, 2.45) is 0 Å². The van der Waals surface area contributed by atoms with E-state index < -0.39 is 0 Å². The van der Waals surface area contributed by atoms with E-state index in [4.69, 9.17) is 0 Å². The summed E-state index contributed by atoms with van der Waals surface area (Å²) in [5.41, 5.74) is 1.94. The summed E-state index contributed by atoms with van der Waals surface area (Å²) < 4.78 is 1.08. The average Bonchev–Trinajstić information content (AvgIpc) is 2.18. The first-order valence-corrected chi connectivity index (χ1v) is 8.25. The molecule has 4 nitrogen and oxygen atoms in total. The van der Waals surface area contributed by atoms with Gasteiger partial charge >= 0.3 is 99.2 Å². The van der Waals surface area contributed by atoms with Crippen molar-refractivity contribution in [2.75, 3.05) is 0 Å². The van der Waals surface area contributed by atoms with Crippen LogP contribution in [0, 0.1) is 10.1 Å². The first-order valence-electron chi connectivity index (χ1n) is 4.36. The molecule has 0 saturated heterocycles. The van der Waals surface area contributed by atoms with Crippen molar-refractivity contribution in [1.82, 2.24) is 0 Å². The van der Waals surface area contributed by atoms with Gasteiger partial charge in [0.15, 0.2) is 0 Å². The third-order valence-electron chi connectivity index (χ3n) is 1.98. The Kier molecular flexibility index (Phi) is 6.35. The number of nitrogens with zero attached hydrogens (tertiary/aromatic N) is 1. The average molecular weight is 395 g/mol. The quantitative estimate of drug-likeness (QED) is 0.447. The second-order valence-electron chi connectivity index (χ2n) is 2.95. The van der Waals surface area contributed by atoms with Gasteiger partial charge in [0.05, 0.1) is 0 Å². The summed E-state index contributed by atoms with van der Waals surface area (Å²) in [6.45, 7) is 1.93. The molecule has 0 fully saturated rings. The molecule has 0 aliphatic carbocycles. The molecule has 5 heteroatoms. The smallest absolute Gasteiger partial charge is 0.412 e. The van der Waals surface area contributed by atoms with E-state index in [1.807, 2.05) is 13.0 Å². The number of benzene rings is 1. The maximum Gasteiger partial charge on any atom is -0.412 e. The molecule has 0 aromatic heterocycles. The summed E-state index contributed by atoms with van der Waals surface area (Å²) in [6, 6.07) is 6.87. The Labute approximate surface area is 104 Å². The third kappa shape index (κ3) is 3.72. The number of allylic oxidation sites excluding steroid dienone is 2. The molecule has 0 bridgehead atoms. The molecular formula is C10H12HgNO3. The molecule has 1 rings (SSSR count). The van der Waals surface area contributed by atoms with Gasteiger partial charge in [0.1, 0.15) is 0 Å². The normalized spacial score (nSPS) is 10.7. The third-order valence-corrected chi connectivity index (χ3v) is 3.10. The van der Waals surface area contributed by atoms with E-state index in [1.165, 1.54) is 0 Å². The number of rotatable bonds is 3. The number of para-hydroxylation sites is 1. The summed E-state index contributed by atoms with van der Waals surface area (Å²) in [4.78, 5) is 10.4.